The van der Waals surface area contributed by atoms with Crippen LogP contribution in [0.3, 0.4) is 0 Å². The monoisotopic (exact) mass is 395 g/mol. The van der Waals surface area contributed by atoms with Gasteiger partial charge in [0.15, 0.2) is 0 Å². The normalized spacial score (nSPS) is 14.2. The number of aromatic nitrogens is 2. The van der Waals surface area contributed by atoms with Gasteiger partial charge in [-0.25, -0.2) is 0 Å². The molecule has 2 aromatic heterocycles. The van der Waals surface area contributed by atoms with Crippen molar-refractivity contribution in [2.75, 3.05) is 19.7 Å². The molecule has 3 heterocycles. The first-order valence-corrected chi connectivity index (χ1v) is 9.87. The van der Waals surface area contributed by atoms with Crippen LogP contribution in [0.4, 0.5) is 0 Å². The zero-order valence-corrected chi connectivity index (χ0v) is 16.3. The van der Waals surface area contributed by atoms with E-state index in [1.807, 2.05) is 47.6 Å². The number of pyridine rings is 1. The first-order chi connectivity index (χ1) is 13.7. The zero-order chi connectivity index (χ0) is 19.3. The molecule has 0 spiro atoms. The molecule has 3 aromatic rings. The molecule has 4 rings (SSSR count). The zero-order valence-electron chi connectivity index (χ0n) is 15.5. The fourth-order valence-electron chi connectivity index (χ4n) is 3.47. The number of benzene rings is 1. The van der Waals surface area contributed by atoms with Crippen molar-refractivity contribution in [3.63, 3.8) is 0 Å². The minimum Gasteiger partial charge on any atom is -0.492 e. The van der Waals surface area contributed by atoms with E-state index in [-0.39, 0.29) is 5.91 Å². The highest BCUT2D eigenvalue weighted by atomic mass is 35.5. The Balaban J connectivity index is 1.28. The molecule has 28 heavy (non-hydrogen) atoms. The number of carbonyl (C=O) groups is 1. The van der Waals surface area contributed by atoms with Gasteiger partial charge in [-0.05, 0) is 42.7 Å². The average molecular weight is 396 g/mol. The van der Waals surface area contributed by atoms with E-state index in [0.717, 1.165) is 29.6 Å². The second-order valence-corrected chi connectivity index (χ2v) is 7.21. The van der Waals surface area contributed by atoms with Crippen LogP contribution < -0.4 is 4.74 Å². The van der Waals surface area contributed by atoms with Gasteiger partial charge in [0.2, 0.25) is 5.91 Å². The lowest BCUT2D eigenvalue weighted by Crippen LogP contribution is -2.34. The fraction of sp³-hybridized carbons (Fsp3) is 0.273. The van der Waals surface area contributed by atoms with Crippen molar-refractivity contribution in [3.05, 3.63) is 65.5 Å². The van der Waals surface area contributed by atoms with Crippen LogP contribution in [0.15, 0.2) is 54.9 Å². The molecule has 1 amide bonds. The summed E-state index contributed by atoms with van der Waals surface area (Å²) >= 11 is 6.07. The van der Waals surface area contributed by atoms with Crippen LogP contribution in [0.25, 0.3) is 16.6 Å². The predicted molar refractivity (Wildman–Crippen MR) is 111 cm³/mol. The standard InChI is InChI=1S/C22H22ClN3O2/c23-18-5-1-2-7-20(18)28-14-4-8-21(27)26-12-9-16(10-13-26)17-15-25-19-6-3-11-24-22(17)19/h1-3,5-7,9,11,15,25H,4,8,10,12-14H2. The molecule has 0 radical (unpaired) electrons. The van der Waals surface area contributed by atoms with Crippen LogP contribution >= 0.6 is 11.6 Å². The van der Waals surface area contributed by atoms with Crippen molar-refractivity contribution >= 4 is 34.1 Å². The molecule has 144 valence electrons. The number of carbonyl (C=O) groups excluding carboxylic acids is 1. The topological polar surface area (TPSA) is 58.2 Å². The number of rotatable bonds is 6. The van der Waals surface area contributed by atoms with Gasteiger partial charge in [0, 0.05) is 37.5 Å². The van der Waals surface area contributed by atoms with E-state index < -0.39 is 0 Å². The molecule has 1 aliphatic heterocycles. The number of fused-ring (bicyclic) bond motifs is 1. The Labute approximate surface area is 169 Å². The Kier molecular flexibility index (Phi) is 5.63. The summed E-state index contributed by atoms with van der Waals surface area (Å²) in [5, 5.41) is 0.592. The van der Waals surface area contributed by atoms with Gasteiger partial charge >= 0.3 is 0 Å². The first kappa shape index (κ1) is 18.6. The Hall–Kier alpha value is -2.79. The molecular weight excluding hydrogens is 374 g/mol. The Morgan fingerprint density at radius 2 is 2.14 bits per heavy atom. The van der Waals surface area contributed by atoms with E-state index in [1.165, 1.54) is 5.57 Å². The highest BCUT2D eigenvalue weighted by molar-refractivity contribution is 6.32. The van der Waals surface area contributed by atoms with E-state index >= 15 is 0 Å². The van der Waals surface area contributed by atoms with E-state index in [0.29, 0.717) is 36.8 Å². The van der Waals surface area contributed by atoms with Gasteiger partial charge in [-0.1, -0.05) is 29.8 Å². The van der Waals surface area contributed by atoms with E-state index in [9.17, 15) is 4.79 Å². The summed E-state index contributed by atoms with van der Waals surface area (Å²) in [5.41, 5.74) is 4.41. The quantitative estimate of drug-likeness (QED) is 0.616. The summed E-state index contributed by atoms with van der Waals surface area (Å²) in [6, 6.07) is 11.3. The van der Waals surface area contributed by atoms with Gasteiger partial charge in [0.05, 0.1) is 22.7 Å². The molecule has 0 saturated carbocycles. The molecule has 0 unspecified atom stereocenters. The van der Waals surface area contributed by atoms with Crippen molar-refractivity contribution in [3.8, 4) is 5.75 Å². The minimum absolute atomic E-state index is 0.162. The van der Waals surface area contributed by atoms with Crippen molar-refractivity contribution < 1.29 is 9.53 Å². The lowest BCUT2D eigenvalue weighted by atomic mass is 10.0. The third kappa shape index (κ3) is 4.04. The maximum atomic E-state index is 12.5. The number of nitrogens with zero attached hydrogens (tertiary/aromatic N) is 2. The van der Waals surface area contributed by atoms with Crippen LogP contribution in [-0.2, 0) is 4.79 Å². The number of ether oxygens (including phenoxy) is 1. The molecule has 1 N–H and O–H groups in total. The van der Waals surface area contributed by atoms with Crippen molar-refractivity contribution in [2.45, 2.75) is 19.3 Å². The van der Waals surface area contributed by atoms with Crippen molar-refractivity contribution in [1.82, 2.24) is 14.9 Å². The van der Waals surface area contributed by atoms with Crippen LogP contribution in [0, 0.1) is 0 Å². The Bertz CT molecular complexity index is 1010. The second-order valence-electron chi connectivity index (χ2n) is 6.80. The van der Waals surface area contributed by atoms with Gasteiger partial charge in [0.1, 0.15) is 5.75 Å². The number of hydrogen-bond donors (Lipinski definition) is 1. The third-order valence-electron chi connectivity index (χ3n) is 4.97. The third-order valence-corrected chi connectivity index (χ3v) is 5.28. The lowest BCUT2D eigenvalue weighted by Gasteiger charge is -2.26. The van der Waals surface area contributed by atoms with Gasteiger partial charge in [-0.15, -0.1) is 0 Å². The first-order valence-electron chi connectivity index (χ1n) is 9.49. The van der Waals surface area contributed by atoms with Crippen LogP contribution in [0.2, 0.25) is 5.02 Å². The number of halogens is 1. The summed E-state index contributed by atoms with van der Waals surface area (Å²) in [6.45, 7) is 1.85. The van der Waals surface area contributed by atoms with E-state index in [4.69, 9.17) is 16.3 Å². The fourth-order valence-corrected chi connectivity index (χ4v) is 3.66. The molecule has 0 fully saturated rings. The molecule has 0 aliphatic carbocycles. The number of aromatic amines is 1. The number of amides is 1. The highest BCUT2D eigenvalue weighted by Gasteiger charge is 2.19. The van der Waals surface area contributed by atoms with E-state index in [2.05, 4.69) is 16.0 Å². The Morgan fingerprint density at radius 1 is 1.25 bits per heavy atom. The average Bonchev–Trinajstić information content (AvgIpc) is 3.16. The largest absolute Gasteiger partial charge is 0.492 e. The number of hydrogen-bond acceptors (Lipinski definition) is 3. The van der Waals surface area contributed by atoms with Gasteiger partial charge in [-0.2, -0.15) is 0 Å². The molecule has 1 aromatic carbocycles. The summed E-state index contributed by atoms with van der Waals surface area (Å²) in [7, 11) is 0. The van der Waals surface area contributed by atoms with Crippen LogP contribution in [0.5, 0.6) is 5.75 Å². The number of nitrogens with one attached hydrogen (secondary N) is 1. The van der Waals surface area contributed by atoms with Gasteiger partial charge < -0.3 is 14.6 Å². The molecule has 0 bridgehead atoms. The summed E-state index contributed by atoms with van der Waals surface area (Å²) in [5.74, 6) is 0.824. The predicted octanol–water partition coefficient (Wildman–Crippen LogP) is 4.69. The van der Waals surface area contributed by atoms with E-state index in [1.54, 1.807) is 6.07 Å². The summed E-state index contributed by atoms with van der Waals surface area (Å²) in [4.78, 5) is 22.1. The molecule has 5 nitrogen and oxygen atoms in total. The second kappa shape index (κ2) is 8.48. The lowest BCUT2D eigenvalue weighted by molar-refractivity contribution is -0.131. The number of para-hydroxylation sites is 1. The molecule has 0 atom stereocenters. The Morgan fingerprint density at radius 3 is 2.96 bits per heavy atom. The molecular formula is C22H22ClN3O2. The summed E-state index contributed by atoms with van der Waals surface area (Å²) < 4.78 is 5.66. The number of H-pyrrole nitrogens is 1. The molecule has 0 saturated heterocycles. The SMILES string of the molecule is O=C(CCCOc1ccccc1Cl)N1CC=C(c2c[nH]c3cccnc23)CC1. The highest BCUT2D eigenvalue weighted by Crippen LogP contribution is 2.28. The maximum Gasteiger partial charge on any atom is 0.222 e. The van der Waals surface area contributed by atoms with Gasteiger partial charge in [-0.3, -0.25) is 9.78 Å². The van der Waals surface area contributed by atoms with Crippen LogP contribution in [-0.4, -0.2) is 40.5 Å². The minimum atomic E-state index is 0.162. The molecule has 6 heteroatoms. The summed E-state index contributed by atoms with van der Waals surface area (Å²) in [6.07, 6.45) is 7.94. The van der Waals surface area contributed by atoms with Crippen molar-refractivity contribution in [2.24, 2.45) is 0 Å². The van der Waals surface area contributed by atoms with Crippen molar-refractivity contribution in [1.29, 1.82) is 0 Å². The molecule has 1 aliphatic rings. The van der Waals surface area contributed by atoms with Crippen LogP contribution in [0.1, 0.15) is 24.8 Å². The maximum absolute atomic E-state index is 12.5. The van der Waals surface area contributed by atoms with Gasteiger partial charge in [0.25, 0.3) is 0 Å². The smallest absolute Gasteiger partial charge is 0.222 e.